The van der Waals surface area contributed by atoms with Crippen LogP contribution in [0, 0.1) is 11.7 Å². The maximum Gasteiger partial charge on any atom is 0.157 e. The number of rotatable bonds is 6. The topological polar surface area (TPSA) is 55.8 Å². The van der Waals surface area contributed by atoms with Gasteiger partial charge >= 0.3 is 0 Å². The van der Waals surface area contributed by atoms with Gasteiger partial charge in [-0.25, -0.2) is 4.39 Å². The Morgan fingerprint density at radius 3 is 2.68 bits per heavy atom. The van der Waals surface area contributed by atoms with Crippen molar-refractivity contribution in [2.45, 2.75) is 31.4 Å². The minimum absolute atomic E-state index is 0.0599. The average Bonchev–Trinajstić information content (AvgIpc) is 3.56. The summed E-state index contributed by atoms with van der Waals surface area (Å²) in [6, 6.07) is 6.07. The summed E-state index contributed by atoms with van der Waals surface area (Å²) in [6.07, 6.45) is 4.03. The fraction of sp³-hybridized carbons (Fsp3) is 0.591. The minimum atomic E-state index is -0.552. The van der Waals surface area contributed by atoms with Gasteiger partial charge in [-0.05, 0) is 30.9 Å². The Labute approximate surface area is 166 Å². The molecule has 0 spiro atoms. The molecule has 2 heterocycles. The number of likely N-dealkylation sites (tertiary alicyclic amines) is 1. The van der Waals surface area contributed by atoms with Gasteiger partial charge in [-0.3, -0.25) is 14.6 Å². The van der Waals surface area contributed by atoms with Crippen molar-refractivity contribution in [2.75, 3.05) is 45.8 Å². The molecule has 2 N–H and O–H groups in total. The van der Waals surface area contributed by atoms with E-state index in [9.17, 15) is 14.3 Å². The van der Waals surface area contributed by atoms with Gasteiger partial charge in [0.25, 0.3) is 0 Å². The van der Waals surface area contributed by atoms with E-state index in [1.165, 1.54) is 6.07 Å². The van der Waals surface area contributed by atoms with Crippen molar-refractivity contribution in [2.24, 2.45) is 5.92 Å². The Hall–Kier alpha value is -1.60. The lowest BCUT2D eigenvalue weighted by atomic mass is 9.92. The lowest BCUT2D eigenvalue weighted by molar-refractivity contribution is -0.126. The summed E-state index contributed by atoms with van der Waals surface area (Å²) in [6.45, 7) is 5.91. The van der Waals surface area contributed by atoms with Crippen LogP contribution in [0.5, 0.6) is 0 Å². The number of aliphatic hydroxyl groups is 1. The fourth-order valence-corrected chi connectivity index (χ4v) is 4.27. The molecule has 1 saturated carbocycles. The average molecular weight is 387 g/mol. The maximum absolute atomic E-state index is 14.5. The van der Waals surface area contributed by atoms with Crippen LogP contribution in [0.4, 0.5) is 4.39 Å². The number of carbonyl (C=O) groups is 1. The molecule has 0 amide bonds. The minimum Gasteiger partial charge on any atom is -0.389 e. The lowest BCUT2D eigenvalue weighted by Gasteiger charge is -2.38. The summed E-state index contributed by atoms with van der Waals surface area (Å²) in [5, 5.41) is 13.8. The zero-order chi connectivity index (χ0) is 19.5. The summed E-state index contributed by atoms with van der Waals surface area (Å²) in [7, 11) is 0. The highest BCUT2D eigenvalue weighted by molar-refractivity contribution is 5.89. The molecule has 2 unspecified atom stereocenters. The van der Waals surface area contributed by atoms with Gasteiger partial charge in [-0.2, -0.15) is 0 Å². The largest absolute Gasteiger partial charge is 0.389 e. The van der Waals surface area contributed by atoms with E-state index in [2.05, 4.69) is 21.2 Å². The van der Waals surface area contributed by atoms with Crippen molar-refractivity contribution in [3.05, 3.63) is 47.3 Å². The molecule has 28 heavy (non-hydrogen) atoms. The van der Waals surface area contributed by atoms with E-state index in [0.717, 1.165) is 51.1 Å². The zero-order valence-corrected chi connectivity index (χ0v) is 16.3. The van der Waals surface area contributed by atoms with Crippen molar-refractivity contribution in [3.8, 4) is 0 Å². The van der Waals surface area contributed by atoms with Crippen molar-refractivity contribution in [1.82, 2.24) is 15.1 Å². The predicted octanol–water partition coefficient (Wildman–Crippen LogP) is 1.74. The second-order valence-electron chi connectivity index (χ2n) is 8.21. The predicted molar refractivity (Wildman–Crippen MR) is 106 cm³/mol. The number of Topliss-reactive ketones (excluding diaryl/α,β-unsaturated/α-hetero) is 1. The zero-order valence-electron chi connectivity index (χ0n) is 16.3. The van der Waals surface area contributed by atoms with E-state index in [1.807, 2.05) is 0 Å². The van der Waals surface area contributed by atoms with Crippen LogP contribution in [0.15, 0.2) is 35.9 Å². The normalized spacial score (nSPS) is 27.1. The smallest absolute Gasteiger partial charge is 0.157 e. The van der Waals surface area contributed by atoms with Gasteiger partial charge in [0.1, 0.15) is 5.82 Å². The van der Waals surface area contributed by atoms with Crippen molar-refractivity contribution >= 4 is 5.78 Å². The molecule has 1 aromatic rings. The number of piperazine rings is 1. The highest BCUT2D eigenvalue weighted by Crippen LogP contribution is 2.39. The summed E-state index contributed by atoms with van der Waals surface area (Å²) in [5.74, 6) is -0.133. The molecule has 4 rings (SSSR count). The van der Waals surface area contributed by atoms with Gasteiger partial charge in [0.05, 0.1) is 12.1 Å². The second-order valence-corrected chi connectivity index (χ2v) is 8.21. The number of piperidine rings is 1. The van der Waals surface area contributed by atoms with Crippen molar-refractivity contribution in [3.63, 3.8) is 0 Å². The Morgan fingerprint density at radius 2 is 1.96 bits per heavy atom. The van der Waals surface area contributed by atoms with E-state index in [4.69, 9.17) is 0 Å². The number of halogens is 1. The maximum atomic E-state index is 14.5. The monoisotopic (exact) mass is 387 g/mol. The molecule has 2 saturated heterocycles. The third-order valence-corrected chi connectivity index (χ3v) is 6.14. The van der Waals surface area contributed by atoms with Crippen LogP contribution in [0.2, 0.25) is 0 Å². The molecule has 0 radical (unpaired) electrons. The molecule has 5 nitrogen and oxygen atoms in total. The SMILES string of the molecule is O=C(C1CC1)C(c1ccccc1F)N1CCC(O)/C(=C/CN2CCNCC2)C1. The highest BCUT2D eigenvalue weighted by atomic mass is 19.1. The van der Waals surface area contributed by atoms with E-state index in [0.29, 0.717) is 25.1 Å². The molecule has 1 aliphatic carbocycles. The van der Waals surface area contributed by atoms with Crippen LogP contribution in [-0.2, 0) is 4.79 Å². The van der Waals surface area contributed by atoms with Crippen LogP contribution in [-0.4, -0.2) is 72.6 Å². The summed E-state index contributed by atoms with van der Waals surface area (Å²) < 4.78 is 14.5. The van der Waals surface area contributed by atoms with E-state index < -0.39 is 12.1 Å². The first kappa shape index (κ1) is 19.7. The van der Waals surface area contributed by atoms with Crippen LogP contribution < -0.4 is 5.32 Å². The number of nitrogens with zero attached hydrogens (tertiary/aromatic N) is 2. The van der Waals surface area contributed by atoms with Crippen LogP contribution >= 0.6 is 0 Å². The molecule has 3 aliphatic rings. The van der Waals surface area contributed by atoms with E-state index in [1.54, 1.807) is 18.2 Å². The molecule has 2 atom stereocenters. The number of nitrogens with one attached hydrogen (secondary N) is 1. The van der Waals surface area contributed by atoms with E-state index >= 15 is 0 Å². The van der Waals surface area contributed by atoms with Gasteiger partial charge in [-0.1, -0.05) is 24.3 Å². The summed E-state index contributed by atoms with van der Waals surface area (Å²) in [4.78, 5) is 17.5. The highest BCUT2D eigenvalue weighted by Gasteiger charge is 2.40. The van der Waals surface area contributed by atoms with Crippen LogP contribution in [0.25, 0.3) is 0 Å². The van der Waals surface area contributed by atoms with Gasteiger partial charge in [0.2, 0.25) is 0 Å². The molecule has 3 fully saturated rings. The molecule has 0 aromatic heterocycles. The summed E-state index contributed by atoms with van der Waals surface area (Å²) >= 11 is 0. The van der Waals surface area contributed by atoms with Gasteiger partial charge in [0, 0.05) is 57.3 Å². The number of ketones is 1. The molecular formula is C22H30FN3O2. The Morgan fingerprint density at radius 1 is 1.21 bits per heavy atom. The number of benzene rings is 1. The Kier molecular flexibility index (Phi) is 6.21. The van der Waals surface area contributed by atoms with Gasteiger partial charge in [0.15, 0.2) is 5.78 Å². The number of hydrogen-bond acceptors (Lipinski definition) is 5. The third kappa shape index (κ3) is 4.51. The second kappa shape index (κ2) is 8.82. The van der Waals surface area contributed by atoms with Gasteiger partial charge < -0.3 is 10.4 Å². The lowest BCUT2D eigenvalue weighted by Crippen LogP contribution is -2.45. The fourth-order valence-electron chi connectivity index (χ4n) is 4.27. The number of aliphatic hydroxyl groups excluding tert-OH is 1. The first-order chi connectivity index (χ1) is 13.6. The molecular weight excluding hydrogens is 357 g/mol. The molecule has 152 valence electrons. The summed E-state index contributed by atoms with van der Waals surface area (Å²) in [5.41, 5.74) is 1.42. The molecule has 0 bridgehead atoms. The molecule has 2 aliphatic heterocycles. The molecule has 6 heteroatoms. The first-order valence-corrected chi connectivity index (χ1v) is 10.5. The van der Waals surface area contributed by atoms with E-state index in [-0.39, 0.29) is 17.5 Å². The van der Waals surface area contributed by atoms with Gasteiger partial charge in [-0.15, -0.1) is 0 Å². The van der Waals surface area contributed by atoms with Crippen molar-refractivity contribution in [1.29, 1.82) is 0 Å². The van der Waals surface area contributed by atoms with Crippen LogP contribution in [0.1, 0.15) is 30.9 Å². The van der Waals surface area contributed by atoms with Crippen LogP contribution in [0.3, 0.4) is 0 Å². The van der Waals surface area contributed by atoms with Crippen molar-refractivity contribution < 1.29 is 14.3 Å². The third-order valence-electron chi connectivity index (χ3n) is 6.14. The standard InChI is InChI=1S/C22H30FN3O2/c23-19-4-2-1-3-18(19)21(22(28)16-5-6-16)26-12-8-20(27)17(15-26)7-11-25-13-9-24-10-14-25/h1-4,7,16,20-21,24,27H,5-6,8-15H2/b17-7+. The number of hydrogen-bond donors (Lipinski definition) is 2. The first-order valence-electron chi connectivity index (χ1n) is 10.5. The Balaban J connectivity index is 1.53. The quantitative estimate of drug-likeness (QED) is 0.729. The Bertz CT molecular complexity index is 728. The molecule has 1 aromatic carbocycles. The number of carbonyl (C=O) groups excluding carboxylic acids is 1.